The number of thiophene rings is 1. The Hall–Kier alpha value is -3.53. The van der Waals surface area contributed by atoms with E-state index < -0.39 is 34.7 Å². The lowest BCUT2D eigenvalue weighted by Gasteiger charge is -2.30. The second-order valence-electron chi connectivity index (χ2n) is 9.80. The summed E-state index contributed by atoms with van der Waals surface area (Å²) in [6, 6.07) is 6.09. The molecule has 1 aliphatic heterocycles. The average Bonchev–Trinajstić information content (AvgIpc) is 3.23. The molecule has 0 saturated carbocycles. The Bertz CT molecular complexity index is 1560. The Morgan fingerprint density at radius 2 is 2.03 bits per heavy atom. The molecule has 0 spiro atoms. The molecular weight excluding hydrogens is 529 g/mol. The molecule has 1 aliphatic rings. The lowest BCUT2D eigenvalue weighted by molar-refractivity contribution is -0.146. The first-order valence-corrected chi connectivity index (χ1v) is 13.4. The van der Waals surface area contributed by atoms with Crippen molar-refractivity contribution in [3.05, 3.63) is 60.9 Å². The molecule has 0 radical (unpaired) electrons. The lowest BCUT2D eigenvalue weighted by Crippen LogP contribution is -2.52. The fourth-order valence-electron chi connectivity index (χ4n) is 4.69. The summed E-state index contributed by atoms with van der Waals surface area (Å²) in [6.45, 7) is 6.98. The highest BCUT2D eigenvalue weighted by atomic mass is 32.1. The molecule has 4 rings (SSSR count). The monoisotopic (exact) mass is 559 g/mol. The van der Waals surface area contributed by atoms with E-state index in [4.69, 9.17) is 14.2 Å². The highest BCUT2D eigenvalue weighted by Gasteiger charge is 2.36. The van der Waals surface area contributed by atoms with Crippen molar-refractivity contribution in [2.75, 3.05) is 19.8 Å². The first-order valence-electron chi connectivity index (χ1n) is 12.6. The summed E-state index contributed by atoms with van der Waals surface area (Å²) in [5, 5.41) is 19.6. The maximum atomic E-state index is 14.5. The van der Waals surface area contributed by atoms with Crippen LogP contribution >= 0.6 is 11.3 Å². The van der Waals surface area contributed by atoms with Crippen molar-refractivity contribution < 1.29 is 28.5 Å². The van der Waals surface area contributed by atoms with Crippen molar-refractivity contribution >= 4 is 27.5 Å². The summed E-state index contributed by atoms with van der Waals surface area (Å²) in [6.07, 6.45) is 0.0110. The third-order valence-electron chi connectivity index (χ3n) is 6.89. The number of halogens is 1. The van der Waals surface area contributed by atoms with Gasteiger partial charge in [0.2, 0.25) is 0 Å². The predicted octanol–water partition coefficient (Wildman–Crippen LogP) is 3.70. The minimum atomic E-state index is -1.89. The molecule has 10 nitrogen and oxygen atoms in total. The van der Waals surface area contributed by atoms with Gasteiger partial charge in [0.1, 0.15) is 39.0 Å². The van der Waals surface area contributed by atoms with Gasteiger partial charge in [-0.1, -0.05) is 0 Å². The molecule has 0 bridgehead atoms. The molecule has 3 heterocycles. The molecule has 3 aromatic rings. The standard InChI is InChI=1S/C27H30FN3O7S/c1-5-37-19-7-6-16(28)12-18(19)20(38-17-8-10-36-11-9-17)14-30-24-22(15(2)21(13-29)39-24)23(32)31(26(30)35)27(3,4)25(33)34/h6-7,12,17,20H,5,8-11,14H2,1-4H3,(H,33,34). The van der Waals surface area contributed by atoms with Crippen molar-refractivity contribution in [1.82, 2.24) is 9.13 Å². The van der Waals surface area contributed by atoms with Crippen molar-refractivity contribution in [3.63, 3.8) is 0 Å². The highest BCUT2D eigenvalue weighted by Crippen LogP contribution is 2.35. The largest absolute Gasteiger partial charge is 0.493 e. The van der Waals surface area contributed by atoms with Gasteiger partial charge in [0.15, 0.2) is 0 Å². The van der Waals surface area contributed by atoms with E-state index in [0.29, 0.717) is 54.1 Å². The first kappa shape index (κ1) is 28.5. The van der Waals surface area contributed by atoms with E-state index in [1.54, 1.807) is 13.8 Å². The van der Waals surface area contributed by atoms with Crippen LogP contribution in [-0.2, 0) is 26.4 Å². The number of hydrogen-bond acceptors (Lipinski definition) is 8. The smallest absolute Gasteiger partial charge is 0.333 e. The van der Waals surface area contributed by atoms with Gasteiger partial charge in [0.25, 0.3) is 5.56 Å². The van der Waals surface area contributed by atoms with E-state index in [1.807, 2.05) is 6.07 Å². The van der Waals surface area contributed by atoms with Crippen molar-refractivity contribution in [1.29, 1.82) is 5.26 Å². The zero-order valence-corrected chi connectivity index (χ0v) is 23.0. The number of rotatable bonds is 9. The minimum Gasteiger partial charge on any atom is -0.493 e. The van der Waals surface area contributed by atoms with Crippen LogP contribution in [0.5, 0.6) is 5.75 Å². The number of nitrogens with zero attached hydrogens (tertiary/aromatic N) is 3. The SMILES string of the molecule is CCOc1ccc(F)cc1C(Cn1c(=O)n(C(C)(C)C(=O)O)c(=O)c2c(C)c(C#N)sc21)OC1CCOCC1. The quantitative estimate of drug-likeness (QED) is 0.420. The van der Waals surface area contributed by atoms with Crippen LogP contribution < -0.4 is 16.0 Å². The summed E-state index contributed by atoms with van der Waals surface area (Å²) >= 11 is 0.968. The number of carboxylic acid groups (broad SMARTS) is 1. The molecule has 0 aliphatic carbocycles. The van der Waals surface area contributed by atoms with Gasteiger partial charge in [-0.2, -0.15) is 5.26 Å². The van der Waals surface area contributed by atoms with Gasteiger partial charge < -0.3 is 19.3 Å². The zero-order chi connectivity index (χ0) is 28.5. The number of benzene rings is 1. The molecule has 12 heteroatoms. The number of nitriles is 1. The van der Waals surface area contributed by atoms with Gasteiger partial charge in [0, 0.05) is 18.8 Å². The van der Waals surface area contributed by atoms with Crippen LogP contribution in [0.3, 0.4) is 0 Å². The van der Waals surface area contributed by atoms with E-state index in [0.717, 1.165) is 11.3 Å². The van der Waals surface area contributed by atoms with Gasteiger partial charge in [-0.3, -0.25) is 9.36 Å². The minimum absolute atomic E-state index is 0.0829. The number of carboxylic acids is 1. The molecular formula is C27H30FN3O7S. The second-order valence-corrected chi connectivity index (χ2v) is 10.8. The molecule has 1 atom stereocenters. The summed E-state index contributed by atoms with van der Waals surface area (Å²) in [5.74, 6) is -1.53. The van der Waals surface area contributed by atoms with Crippen LogP contribution in [0, 0.1) is 24.1 Å². The van der Waals surface area contributed by atoms with Gasteiger partial charge in [-0.05, 0) is 64.3 Å². The summed E-state index contributed by atoms with van der Waals surface area (Å²) in [5.41, 5.74) is -2.84. The van der Waals surface area contributed by atoms with E-state index in [-0.39, 0.29) is 27.7 Å². The third kappa shape index (κ3) is 5.34. The van der Waals surface area contributed by atoms with E-state index >= 15 is 0 Å². The van der Waals surface area contributed by atoms with Crippen LogP contribution in [0.2, 0.25) is 0 Å². The number of aromatic nitrogens is 2. The average molecular weight is 560 g/mol. The van der Waals surface area contributed by atoms with Crippen LogP contribution in [-0.4, -0.2) is 46.1 Å². The van der Waals surface area contributed by atoms with E-state index in [9.17, 15) is 29.1 Å². The fourth-order valence-corrected chi connectivity index (χ4v) is 5.78. The normalized spacial score (nSPS) is 15.3. The van der Waals surface area contributed by atoms with Crippen molar-refractivity contribution in [2.45, 2.75) is 64.8 Å². The summed E-state index contributed by atoms with van der Waals surface area (Å²) < 4.78 is 34.1. The number of hydrogen-bond donors (Lipinski definition) is 1. The van der Waals surface area contributed by atoms with Gasteiger partial charge in [-0.25, -0.2) is 18.5 Å². The Balaban J connectivity index is 1.99. The number of fused-ring (bicyclic) bond motifs is 1. The van der Waals surface area contributed by atoms with Crippen LogP contribution in [0.15, 0.2) is 27.8 Å². The maximum absolute atomic E-state index is 14.5. The van der Waals surface area contributed by atoms with Crippen LogP contribution in [0.4, 0.5) is 4.39 Å². The molecule has 1 fully saturated rings. The van der Waals surface area contributed by atoms with Gasteiger partial charge in [-0.15, -0.1) is 11.3 Å². The highest BCUT2D eigenvalue weighted by molar-refractivity contribution is 7.19. The topological polar surface area (TPSA) is 133 Å². The summed E-state index contributed by atoms with van der Waals surface area (Å²) in [7, 11) is 0. The lowest BCUT2D eigenvalue weighted by atomic mass is 10.0. The Kier molecular flexibility index (Phi) is 8.25. The summed E-state index contributed by atoms with van der Waals surface area (Å²) in [4.78, 5) is 40.0. The molecule has 39 heavy (non-hydrogen) atoms. The molecule has 1 saturated heterocycles. The third-order valence-corrected chi connectivity index (χ3v) is 8.11. The van der Waals surface area contributed by atoms with Gasteiger partial charge >= 0.3 is 11.7 Å². The fraction of sp³-hybridized carbons (Fsp3) is 0.481. The second kappa shape index (κ2) is 11.3. The molecule has 208 valence electrons. The zero-order valence-electron chi connectivity index (χ0n) is 22.2. The molecule has 1 N–H and O–H groups in total. The molecule has 1 unspecified atom stereocenters. The Morgan fingerprint density at radius 3 is 2.64 bits per heavy atom. The molecule has 1 aromatic carbocycles. The Morgan fingerprint density at radius 1 is 1.33 bits per heavy atom. The first-order chi connectivity index (χ1) is 18.5. The molecule has 2 aromatic heterocycles. The maximum Gasteiger partial charge on any atom is 0.333 e. The van der Waals surface area contributed by atoms with E-state index in [2.05, 4.69) is 0 Å². The van der Waals surface area contributed by atoms with Crippen molar-refractivity contribution in [3.8, 4) is 11.8 Å². The van der Waals surface area contributed by atoms with Crippen LogP contribution in [0.25, 0.3) is 10.2 Å². The van der Waals surface area contributed by atoms with Crippen LogP contribution in [0.1, 0.15) is 55.7 Å². The predicted molar refractivity (Wildman–Crippen MR) is 142 cm³/mol. The number of ether oxygens (including phenoxy) is 3. The van der Waals surface area contributed by atoms with Gasteiger partial charge in [0.05, 0.1) is 24.6 Å². The van der Waals surface area contributed by atoms with E-state index in [1.165, 1.54) is 36.6 Å². The number of aliphatic carboxylic acids is 1. The number of carbonyl (C=O) groups is 1. The molecule has 0 amide bonds. The van der Waals surface area contributed by atoms with Crippen molar-refractivity contribution in [2.24, 2.45) is 0 Å². The number of aryl methyl sites for hydroxylation is 1. The Labute approximate surface area is 227 Å².